The molecule has 0 aliphatic carbocycles. The van der Waals surface area contributed by atoms with Gasteiger partial charge in [-0.15, -0.1) is 0 Å². The average molecular weight is 396 g/mol. The minimum absolute atomic E-state index is 0.372. The van der Waals surface area contributed by atoms with Gasteiger partial charge in [0.25, 0.3) is 0 Å². The van der Waals surface area contributed by atoms with E-state index >= 15 is 0 Å². The molecule has 120 valence electrons. The highest BCUT2D eigenvalue weighted by molar-refractivity contribution is 9.10. The fourth-order valence-corrected chi connectivity index (χ4v) is 3.05. The van der Waals surface area contributed by atoms with Crippen molar-refractivity contribution in [3.8, 4) is 0 Å². The summed E-state index contributed by atoms with van der Waals surface area (Å²) in [5.74, 6) is 0.878. The first-order chi connectivity index (χ1) is 11.1. The molecule has 2 aromatic heterocycles. The van der Waals surface area contributed by atoms with E-state index in [1.54, 1.807) is 0 Å². The van der Waals surface area contributed by atoms with Gasteiger partial charge in [-0.05, 0) is 47.0 Å². The molecule has 0 atom stereocenters. The SMILES string of the molecule is CCn1c(Br)nc2c(N)nc(NCCc3ccc(Cl)cc3)nc21. The van der Waals surface area contributed by atoms with E-state index in [4.69, 9.17) is 17.3 Å². The maximum atomic E-state index is 5.99. The van der Waals surface area contributed by atoms with Crippen LogP contribution < -0.4 is 11.1 Å². The minimum atomic E-state index is 0.372. The van der Waals surface area contributed by atoms with Crippen LogP contribution in [0.25, 0.3) is 11.2 Å². The Morgan fingerprint density at radius 3 is 2.65 bits per heavy atom. The van der Waals surface area contributed by atoms with Gasteiger partial charge in [0.05, 0.1) is 0 Å². The van der Waals surface area contributed by atoms with Crippen LogP contribution in [0, 0.1) is 0 Å². The third-order valence-corrected chi connectivity index (χ3v) is 4.36. The van der Waals surface area contributed by atoms with Gasteiger partial charge in [-0.3, -0.25) is 0 Å². The van der Waals surface area contributed by atoms with Crippen molar-refractivity contribution in [3.63, 3.8) is 0 Å². The van der Waals surface area contributed by atoms with Crippen molar-refractivity contribution in [2.75, 3.05) is 17.6 Å². The van der Waals surface area contributed by atoms with Crippen LogP contribution in [0.4, 0.5) is 11.8 Å². The van der Waals surface area contributed by atoms with Crippen LogP contribution >= 0.6 is 27.5 Å². The zero-order chi connectivity index (χ0) is 16.4. The highest BCUT2D eigenvalue weighted by Crippen LogP contribution is 2.23. The third-order valence-electron chi connectivity index (χ3n) is 3.50. The first kappa shape index (κ1) is 16.0. The molecule has 0 aliphatic heterocycles. The van der Waals surface area contributed by atoms with Crippen molar-refractivity contribution in [2.45, 2.75) is 19.9 Å². The molecule has 3 aromatic rings. The Kier molecular flexibility index (Phi) is 4.68. The number of aryl methyl sites for hydroxylation is 1. The summed E-state index contributed by atoms with van der Waals surface area (Å²) in [6, 6.07) is 7.78. The Morgan fingerprint density at radius 2 is 1.96 bits per heavy atom. The first-order valence-electron chi connectivity index (χ1n) is 7.26. The molecule has 23 heavy (non-hydrogen) atoms. The fraction of sp³-hybridized carbons (Fsp3) is 0.267. The number of anilines is 2. The van der Waals surface area contributed by atoms with Gasteiger partial charge in [-0.2, -0.15) is 9.97 Å². The summed E-state index contributed by atoms with van der Waals surface area (Å²) in [6.45, 7) is 3.48. The molecule has 0 fully saturated rings. The number of hydrogen-bond donors (Lipinski definition) is 2. The Morgan fingerprint density at radius 1 is 1.22 bits per heavy atom. The first-order valence-corrected chi connectivity index (χ1v) is 8.43. The van der Waals surface area contributed by atoms with Crippen molar-refractivity contribution in [1.82, 2.24) is 19.5 Å². The lowest BCUT2D eigenvalue weighted by atomic mass is 10.1. The zero-order valence-electron chi connectivity index (χ0n) is 12.6. The Labute approximate surface area is 147 Å². The molecule has 0 spiro atoms. The molecular weight excluding hydrogens is 380 g/mol. The minimum Gasteiger partial charge on any atom is -0.382 e. The van der Waals surface area contributed by atoms with Gasteiger partial charge in [-0.25, -0.2) is 4.98 Å². The highest BCUT2D eigenvalue weighted by Gasteiger charge is 2.14. The summed E-state index contributed by atoms with van der Waals surface area (Å²) in [7, 11) is 0. The van der Waals surface area contributed by atoms with Crippen molar-refractivity contribution >= 4 is 50.5 Å². The van der Waals surface area contributed by atoms with Gasteiger partial charge in [0.1, 0.15) is 0 Å². The van der Waals surface area contributed by atoms with Gasteiger partial charge in [0.15, 0.2) is 21.7 Å². The molecule has 1 aromatic carbocycles. The molecule has 6 nitrogen and oxygen atoms in total. The maximum absolute atomic E-state index is 5.99. The molecular formula is C15H16BrClN6. The Hall–Kier alpha value is -1.86. The summed E-state index contributed by atoms with van der Waals surface area (Å²) in [5, 5.41) is 3.95. The molecule has 0 unspecified atom stereocenters. The molecule has 2 heterocycles. The normalized spacial score (nSPS) is 11.1. The number of hydrogen-bond acceptors (Lipinski definition) is 5. The lowest BCUT2D eigenvalue weighted by Gasteiger charge is -2.07. The predicted octanol–water partition coefficient (Wildman–Crippen LogP) is 3.50. The zero-order valence-corrected chi connectivity index (χ0v) is 14.9. The fourth-order valence-electron chi connectivity index (χ4n) is 2.32. The van der Waals surface area contributed by atoms with Crippen molar-refractivity contribution < 1.29 is 0 Å². The summed E-state index contributed by atoms with van der Waals surface area (Å²) in [5.41, 5.74) is 8.52. The summed E-state index contributed by atoms with van der Waals surface area (Å²) in [6.07, 6.45) is 0.842. The number of halogens is 2. The monoisotopic (exact) mass is 394 g/mol. The van der Waals surface area contributed by atoms with E-state index in [-0.39, 0.29) is 0 Å². The number of benzene rings is 1. The van der Waals surface area contributed by atoms with E-state index in [1.165, 1.54) is 5.56 Å². The average Bonchev–Trinajstić information content (AvgIpc) is 2.85. The quantitative estimate of drug-likeness (QED) is 0.646. The topological polar surface area (TPSA) is 81.7 Å². The third kappa shape index (κ3) is 3.40. The lowest BCUT2D eigenvalue weighted by Crippen LogP contribution is -2.10. The van der Waals surface area contributed by atoms with Gasteiger partial charge in [0, 0.05) is 18.1 Å². The van der Waals surface area contributed by atoms with Crippen LogP contribution in [-0.2, 0) is 13.0 Å². The van der Waals surface area contributed by atoms with E-state index in [0.717, 1.165) is 23.6 Å². The van der Waals surface area contributed by atoms with Gasteiger partial charge < -0.3 is 15.6 Å². The van der Waals surface area contributed by atoms with Crippen LogP contribution in [0.5, 0.6) is 0 Å². The molecule has 3 rings (SSSR count). The Bertz CT molecular complexity index is 830. The summed E-state index contributed by atoms with van der Waals surface area (Å²) < 4.78 is 2.65. The van der Waals surface area contributed by atoms with E-state index in [0.29, 0.717) is 28.6 Å². The molecule has 3 N–H and O–H groups in total. The van der Waals surface area contributed by atoms with Crippen LogP contribution in [0.1, 0.15) is 12.5 Å². The maximum Gasteiger partial charge on any atom is 0.226 e. The largest absolute Gasteiger partial charge is 0.382 e. The number of nitrogens with zero attached hydrogens (tertiary/aromatic N) is 4. The molecule has 0 aliphatic rings. The van der Waals surface area contributed by atoms with E-state index < -0.39 is 0 Å². The lowest BCUT2D eigenvalue weighted by molar-refractivity contribution is 0.756. The number of aromatic nitrogens is 4. The van der Waals surface area contributed by atoms with Crippen LogP contribution in [0.2, 0.25) is 5.02 Å². The summed E-state index contributed by atoms with van der Waals surface area (Å²) in [4.78, 5) is 13.1. The number of imidazole rings is 1. The van der Waals surface area contributed by atoms with Gasteiger partial charge in [0.2, 0.25) is 5.95 Å². The molecule has 0 amide bonds. The smallest absolute Gasteiger partial charge is 0.226 e. The van der Waals surface area contributed by atoms with Crippen molar-refractivity contribution in [1.29, 1.82) is 0 Å². The number of nitrogen functional groups attached to an aromatic ring is 1. The van der Waals surface area contributed by atoms with Crippen LogP contribution in [-0.4, -0.2) is 26.1 Å². The van der Waals surface area contributed by atoms with Gasteiger partial charge in [-0.1, -0.05) is 23.7 Å². The molecule has 8 heteroatoms. The van der Waals surface area contributed by atoms with Crippen LogP contribution in [0.15, 0.2) is 29.0 Å². The number of fused-ring (bicyclic) bond motifs is 1. The number of nitrogens with two attached hydrogens (primary N) is 1. The second-order valence-corrected chi connectivity index (χ2v) is 6.18. The second kappa shape index (κ2) is 6.72. The molecule has 0 saturated heterocycles. The van der Waals surface area contributed by atoms with Gasteiger partial charge >= 0.3 is 0 Å². The summed E-state index contributed by atoms with van der Waals surface area (Å²) >= 11 is 9.30. The van der Waals surface area contributed by atoms with E-state index in [9.17, 15) is 0 Å². The van der Waals surface area contributed by atoms with Crippen LogP contribution in [0.3, 0.4) is 0 Å². The highest BCUT2D eigenvalue weighted by atomic mass is 79.9. The Balaban J connectivity index is 1.76. The molecule has 0 bridgehead atoms. The van der Waals surface area contributed by atoms with E-state index in [1.807, 2.05) is 35.8 Å². The number of rotatable bonds is 5. The second-order valence-electron chi connectivity index (χ2n) is 5.03. The predicted molar refractivity (Wildman–Crippen MR) is 96.8 cm³/mol. The number of nitrogens with one attached hydrogen (secondary N) is 1. The van der Waals surface area contributed by atoms with Crippen molar-refractivity contribution in [2.24, 2.45) is 0 Å². The van der Waals surface area contributed by atoms with Crippen molar-refractivity contribution in [3.05, 3.63) is 39.6 Å². The standard InChI is InChI=1S/C15H16BrClN6/c1-2-23-13-11(20-14(23)16)12(18)21-15(22-13)19-8-7-9-3-5-10(17)6-4-9/h3-6H,2,7-8H2,1H3,(H3,18,19,21,22). The molecule has 0 saturated carbocycles. The van der Waals surface area contributed by atoms with E-state index in [2.05, 4.69) is 36.2 Å². The molecule has 0 radical (unpaired) electrons.